The first-order valence-corrected chi connectivity index (χ1v) is 9.66. The molecule has 0 spiro atoms. The van der Waals surface area contributed by atoms with Crippen LogP contribution in [0.4, 0.5) is 4.79 Å². The third kappa shape index (κ3) is 7.82. The van der Waals surface area contributed by atoms with Crippen LogP contribution in [0, 0.1) is 0 Å². The van der Waals surface area contributed by atoms with Crippen LogP contribution >= 0.6 is 0 Å². The van der Waals surface area contributed by atoms with Gasteiger partial charge in [-0.1, -0.05) is 66.7 Å². The molecule has 0 aliphatic carbocycles. The van der Waals surface area contributed by atoms with Crippen molar-refractivity contribution in [3.63, 3.8) is 0 Å². The molecule has 0 radical (unpaired) electrons. The van der Waals surface area contributed by atoms with E-state index in [-0.39, 0.29) is 12.5 Å². The van der Waals surface area contributed by atoms with E-state index in [0.717, 1.165) is 11.1 Å². The van der Waals surface area contributed by atoms with E-state index < -0.39 is 23.7 Å². The Hall–Kier alpha value is -3.08. The lowest BCUT2D eigenvalue weighted by molar-refractivity contribution is -0.147. The number of nitrogens with one attached hydrogen (secondary N) is 1. The molecule has 0 saturated carbocycles. The zero-order chi connectivity index (χ0) is 21.3. The van der Waals surface area contributed by atoms with Crippen molar-refractivity contribution in [2.75, 3.05) is 0 Å². The molecule has 0 aromatic heterocycles. The molecule has 2 aromatic carbocycles. The zero-order valence-electron chi connectivity index (χ0n) is 17.3. The Morgan fingerprint density at radius 3 is 2.17 bits per heavy atom. The molecule has 154 valence electrons. The van der Waals surface area contributed by atoms with Gasteiger partial charge in [0.1, 0.15) is 18.2 Å². The van der Waals surface area contributed by atoms with Gasteiger partial charge in [0.15, 0.2) is 0 Å². The monoisotopic (exact) mass is 395 g/mol. The van der Waals surface area contributed by atoms with Gasteiger partial charge in [0, 0.05) is 5.92 Å². The van der Waals surface area contributed by atoms with Crippen LogP contribution in [-0.2, 0) is 20.9 Å². The number of hydrogen-bond acceptors (Lipinski definition) is 4. The fourth-order valence-electron chi connectivity index (χ4n) is 2.82. The molecule has 0 bridgehead atoms. The number of benzene rings is 2. The van der Waals surface area contributed by atoms with E-state index in [1.165, 1.54) is 0 Å². The minimum absolute atomic E-state index is 0.125. The molecule has 5 nitrogen and oxygen atoms in total. The molecule has 0 aliphatic rings. The van der Waals surface area contributed by atoms with Crippen LogP contribution in [0.15, 0.2) is 73.3 Å². The number of ether oxygens (including phenoxy) is 2. The fourth-order valence-corrected chi connectivity index (χ4v) is 2.82. The molecular formula is C24H29NO4. The van der Waals surface area contributed by atoms with Gasteiger partial charge in [0.2, 0.25) is 0 Å². The third-order valence-electron chi connectivity index (χ3n) is 4.20. The summed E-state index contributed by atoms with van der Waals surface area (Å²) in [5.74, 6) is -0.636. The Labute approximate surface area is 172 Å². The van der Waals surface area contributed by atoms with Crippen LogP contribution in [-0.4, -0.2) is 23.7 Å². The molecule has 0 aliphatic heterocycles. The highest BCUT2D eigenvalue weighted by Crippen LogP contribution is 2.23. The van der Waals surface area contributed by atoms with Crippen molar-refractivity contribution in [1.29, 1.82) is 0 Å². The lowest BCUT2D eigenvalue weighted by Crippen LogP contribution is -2.44. The lowest BCUT2D eigenvalue weighted by Gasteiger charge is -2.25. The summed E-state index contributed by atoms with van der Waals surface area (Å²) in [4.78, 5) is 25.1. The maximum absolute atomic E-state index is 12.8. The first-order valence-electron chi connectivity index (χ1n) is 9.66. The van der Waals surface area contributed by atoms with Crippen molar-refractivity contribution < 1.29 is 19.1 Å². The average Bonchev–Trinajstić information content (AvgIpc) is 2.69. The van der Waals surface area contributed by atoms with Crippen molar-refractivity contribution in [2.24, 2.45) is 0 Å². The minimum atomic E-state index is -0.864. The summed E-state index contributed by atoms with van der Waals surface area (Å²) >= 11 is 0. The van der Waals surface area contributed by atoms with Crippen molar-refractivity contribution in [2.45, 2.75) is 51.4 Å². The van der Waals surface area contributed by atoms with Gasteiger partial charge in [-0.25, -0.2) is 9.59 Å². The molecule has 0 saturated heterocycles. The summed E-state index contributed by atoms with van der Waals surface area (Å²) in [7, 11) is 0. The third-order valence-corrected chi connectivity index (χ3v) is 4.20. The van der Waals surface area contributed by atoms with Crippen molar-refractivity contribution in [3.05, 3.63) is 84.4 Å². The van der Waals surface area contributed by atoms with Crippen molar-refractivity contribution in [1.82, 2.24) is 5.32 Å². The molecule has 2 aromatic rings. The van der Waals surface area contributed by atoms with Crippen LogP contribution in [0.25, 0.3) is 0 Å². The lowest BCUT2D eigenvalue weighted by atomic mass is 9.92. The van der Waals surface area contributed by atoms with Gasteiger partial charge in [-0.2, -0.15) is 0 Å². The number of amides is 1. The number of allylic oxidation sites excluding steroid dienone is 1. The Bertz CT molecular complexity index is 797. The summed E-state index contributed by atoms with van der Waals surface area (Å²) in [6.07, 6.45) is 1.43. The Kier molecular flexibility index (Phi) is 8.01. The van der Waals surface area contributed by atoms with Gasteiger partial charge < -0.3 is 14.8 Å². The molecule has 5 heteroatoms. The second kappa shape index (κ2) is 10.5. The van der Waals surface area contributed by atoms with E-state index in [1.807, 2.05) is 60.7 Å². The van der Waals surface area contributed by atoms with Gasteiger partial charge in [0.05, 0.1) is 0 Å². The average molecular weight is 395 g/mol. The number of rotatable bonds is 8. The van der Waals surface area contributed by atoms with Crippen molar-refractivity contribution in [3.8, 4) is 0 Å². The second-order valence-corrected chi connectivity index (χ2v) is 7.78. The largest absolute Gasteiger partial charge is 0.459 e. The SMILES string of the molecule is C=C[C@@H](C[C@H](NC(=O)OC(C)(C)C)C(=O)OCc1ccccc1)c1ccccc1. The summed E-state index contributed by atoms with van der Waals surface area (Å²) in [5, 5.41) is 2.66. The Balaban J connectivity index is 2.11. The minimum Gasteiger partial charge on any atom is -0.459 e. The van der Waals surface area contributed by atoms with Crippen LogP contribution in [0.1, 0.15) is 44.2 Å². The van der Waals surface area contributed by atoms with Crippen LogP contribution in [0.3, 0.4) is 0 Å². The van der Waals surface area contributed by atoms with E-state index in [2.05, 4.69) is 11.9 Å². The highest BCUT2D eigenvalue weighted by atomic mass is 16.6. The normalized spacial score (nSPS) is 13.1. The van der Waals surface area contributed by atoms with Gasteiger partial charge in [0.25, 0.3) is 0 Å². The Morgan fingerprint density at radius 1 is 1.03 bits per heavy atom. The fraction of sp³-hybridized carbons (Fsp3) is 0.333. The number of esters is 1. The predicted octanol–water partition coefficient (Wildman–Crippen LogP) is 4.98. The molecule has 2 rings (SSSR count). The van der Waals surface area contributed by atoms with Gasteiger partial charge in [-0.05, 0) is 38.3 Å². The van der Waals surface area contributed by atoms with E-state index in [4.69, 9.17) is 9.47 Å². The van der Waals surface area contributed by atoms with E-state index in [0.29, 0.717) is 6.42 Å². The molecule has 0 fully saturated rings. The van der Waals surface area contributed by atoms with Gasteiger partial charge in [-0.3, -0.25) is 0 Å². The summed E-state index contributed by atoms with van der Waals surface area (Å²) in [5.41, 5.74) is 1.22. The van der Waals surface area contributed by atoms with Crippen LogP contribution < -0.4 is 5.32 Å². The van der Waals surface area contributed by atoms with E-state index >= 15 is 0 Å². The molecule has 29 heavy (non-hydrogen) atoms. The highest BCUT2D eigenvalue weighted by Gasteiger charge is 2.28. The highest BCUT2D eigenvalue weighted by molar-refractivity contribution is 5.81. The number of hydrogen-bond donors (Lipinski definition) is 1. The van der Waals surface area contributed by atoms with Gasteiger partial charge in [-0.15, -0.1) is 6.58 Å². The van der Waals surface area contributed by atoms with E-state index in [1.54, 1.807) is 26.8 Å². The second-order valence-electron chi connectivity index (χ2n) is 7.78. The predicted molar refractivity (Wildman–Crippen MR) is 113 cm³/mol. The maximum atomic E-state index is 12.8. The Morgan fingerprint density at radius 2 is 1.62 bits per heavy atom. The summed E-state index contributed by atoms with van der Waals surface area (Å²) in [6.45, 7) is 9.33. The first kappa shape index (κ1) is 22.2. The molecule has 1 amide bonds. The molecule has 0 heterocycles. The smallest absolute Gasteiger partial charge is 0.408 e. The standard InChI is InChI=1S/C24H29NO4/c1-5-19(20-14-10-7-11-15-20)16-21(25-23(27)29-24(2,3)4)22(26)28-17-18-12-8-6-9-13-18/h5-15,19,21H,1,16-17H2,2-4H3,(H,25,27)/t19-,21-/m0/s1. The molecule has 1 N–H and O–H groups in total. The van der Waals surface area contributed by atoms with Crippen LogP contribution in [0.5, 0.6) is 0 Å². The first-order chi connectivity index (χ1) is 13.8. The maximum Gasteiger partial charge on any atom is 0.408 e. The summed E-state index contributed by atoms with van der Waals surface area (Å²) < 4.78 is 10.8. The molecule has 2 atom stereocenters. The number of carbonyl (C=O) groups is 2. The summed E-state index contributed by atoms with van der Waals surface area (Å²) in [6, 6.07) is 18.2. The number of alkyl carbamates (subject to hydrolysis) is 1. The van der Waals surface area contributed by atoms with E-state index in [9.17, 15) is 9.59 Å². The molecular weight excluding hydrogens is 366 g/mol. The quantitative estimate of drug-likeness (QED) is 0.506. The topological polar surface area (TPSA) is 64.6 Å². The van der Waals surface area contributed by atoms with Crippen molar-refractivity contribution >= 4 is 12.1 Å². The number of carbonyl (C=O) groups excluding carboxylic acids is 2. The van der Waals surface area contributed by atoms with Crippen LogP contribution in [0.2, 0.25) is 0 Å². The molecule has 0 unspecified atom stereocenters. The zero-order valence-corrected chi connectivity index (χ0v) is 17.3. The van der Waals surface area contributed by atoms with Gasteiger partial charge >= 0.3 is 12.1 Å².